The molecule has 22 heavy (non-hydrogen) atoms. The van der Waals surface area contributed by atoms with Gasteiger partial charge in [-0.1, -0.05) is 36.4 Å². The van der Waals surface area contributed by atoms with E-state index in [2.05, 4.69) is 10.1 Å². The Balaban J connectivity index is 2.03. The van der Waals surface area contributed by atoms with Crippen molar-refractivity contribution in [2.24, 2.45) is 7.05 Å². The summed E-state index contributed by atoms with van der Waals surface area (Å²) in [7, 11) is 1.27. The topological polar surface area (TPSA) is 30.7 Å². The minimum absolute atomic E-state index is 0.201. The third-order valence-corrected chi connectivity index (χ3v) is 3.25. The maximum absolute atomic E-state index is 12.8. The van der Waals surface area contributed by atoms with E-state index in [9.17, 15) is 13.2 Å². The fourth-order valence-electron chi connectivity index (χ4n) is 2.20. The summed E-state index contributed by atoms with van der Waals surface area (Å²) in [4.78, 5) is 4.41. The van der Waals surface area contributed by atoms with Gasteiger partial charge in [0, 0.05) is 12.6 Å². The number of benzene rings is 1. The van der Waals surface area contributed by atoms with Gasteiger partial charge in [-0.25, -0.2) is 4.98 Å². The quantitative estimate of drug-likeness (QED) is 0.711. The molecule has 0 atom stereocenters. The first kappa shape index (κ1) is 14.3. The van der Waals surface area contributed by atoms with Crippen molar-refractivity contribution in [3.8, 4) is 22.6 Å². The van der Waals surface area contributed by atoms with Crippen LogP contribution in [0, 0.1) is 0 Å². The molecular weight excluding hydrogens is 291 g/mol. The Morgan fingerprint density at radius 1 is 0.864 bits per heavy atom. The number of aryl methyl sites for hydroxylation is 1. The number of hydrogen-bond donors (Lipinski definition) is 0. The lowest BCUT2D eigenvalue weighted by Gasteiger charge is -2.04. The molecule has 0 unspecified atom stereocenters. The van der Waals surface area contributed by atoms with Gasteiger partial charge >= 0.3 is 6.18 Å². The fourth-order valence-corrected chi connectivity index (χ4v) is 2.20. The Labute approximate surface area is 125 Å². The molecule has 6 heteroatoms. The van der Waals surface area contributed by atoms with Crippen LogP contribution in [0.5, 0.6) is 0 Å². The van der Waals surface area contributed by atoms with Crippen molar-refractivity contribution in [3.63, 3.8) is 0 Å². The average Bonchev–Trinajstić information content (AvgIpc) is 2.91. The SMILES string of the molecule is Cn1nc(-c2cccc(-c3ccccc3)n2)cc1C(F)(F)F. The third-order valence-electron chi connectivity index (χ3n) is 3.25. The first-order valence-corrected chi connectivity index (χ1v) is 6.59. The predicted octanol–water partition coefficient (Wildman–Crippen LogP) is 4.17. The highest BCUT2D eigenvalue weighted by molar-refractivity contribution is 5.64. The molecule has 1 aromatic carbocycles. The normalized spacial score (nSPS) is 11.6. The molecule has 3 aromatic rings. The van der Waals surface area contributed by atoms with E-state index in [1.807, 2.05) is 36.4 Å². The molecule has 0 amide bonds. The molecule has 0 N–H and O–H groups in total. The molecule has 2 heterocycles. The molecule has 3 rings (SSSR count). The van der Waals surface area contributed by atoms with Crippen LogP contribution in [0.1, 0.15) is 5.69 Å². The molecule has 2 aromatic heterocycles. The second kappa shape index (κ2) is 5.29. The zero-order chi connectivity index (χ0) is 15.7. The van der Waals surface area contributed by atoms with Crippen LogP contribution in [0.15, 0.2) is 54.6 Å². The Morgan fingerprint density at radius 2 is 1.55 bits per heavy atom. The van der Waals surface area contributed by atoms with Gasteiger partial charge in [0.25, 0.3) is 0 Å². The van der Waals surface area contributed by atoms with E-state index < -0.39 is 11.9 Å². The molecule has 0 saturated heterocycles. The zero-order valence-electron chi connectivity index (χ0n) is 11.7. The maximum Gasteiger partial charge on any atom is 0.433 e. The van der Waals surface area contributed by atoms with E-state index in [0.717, 1.165) is 16.3 Å². The van der Waals surface area contributed by atoms with Gasteiger partial charge in [0.2, 0.25) is 0 Å². The smallest absolute Gasteiger partial charge is 0.263 e. The highest BCUT2D eigenvalue weighted by Gasteiger charge is 2.35. The average molecular weight is 303 g/mol. The van der Waals surface area contributed by atoms with Crippen molar-refractivity contribution >= 4 is 0 Å². The van der Waals surface area contributed by atoms with Crippen LogP contribution in [-0.4, -0.2) is 14.8 Å². The van der Waals surface area contributed by atoms with Crippen LogP contribution in [-0.2, 0) is 13.2 Å². The molecule has 0 spiro atoms. The lowest BCUT2D eigenvalue weighted by atomic mass is 10.1. The fraction of sp³-hybridized carbons (Fsp3) is 0.125. The molecule has 0 bridgehead atoms. The number of alkyl halides is 3. The Hall–Kier alpha value is -2.63. The van der Waals surface area contributed by atoms with Crippen LogP contribution in [0.25, 0.3) is 22.6 Å². The van der Waals surface area contributed by atoms with Gasteiger partial charge in [0.15, 0.2) is 0 Å². The van der Waals surface area contributed by atoms with Crippen molar-refractivity contribution in [2.75, 3.05) is 0 Å². The Bertz CT molecular complexity index is 792. The summed E-state index contributed by atoms with van der Waals surface area (Å²) in [6, 6.07) is 15.7. The molecular formula is C16H12F3N3. The monoisotopic (exact) mass is 303 g/mol. The second-order valence-electron chi connectivity index (χ2n) is 4.81. The summed E-state index contributed by atoms with van der Waals surface area (Å²) in [6.45, 7) is 0. The van der Waals surface area contributed by atoms with Gasteiger partial charge in [0.1, 0.15) is 11.4 Å². The number of halogens is 3. The minimum Gasteiger partial charge on any atom is -0.263 e. The van der Waals surface area contributed by atoms with E-state index in [-0.39, 0.29) is 5.69 Å². The minimum atomic E-state index is -4.43. The molecule has 0 aliphatic carbocycles. The molecule has 112 valence electrons. The second-order valence-corrected chi connectivity index (χ2v) is 4.81. The number of hydrogen-bond acceptors (Lipinski definition) is 2. The number of rotatable bonds is 2. The molecule has 0 aliphatic heterocycles. The van der Waals surface area contributed by atoms with E-state index in [1.54, 1.807) is 12.1 Å². The number of pyridine rings is 1. The van der Waals surface area contributed by atoms with Gasteiger partial charge in [-0.15, -0.1) is 0 Å². The molecule has 3 nitrogen and oxygen atoms in total. The van der Waals surface area contributed by atoms with Crippen molar-refractivity contribution < 1.29 is 13.2 Å². The highest BCUT2D eigenvalue weighted by Crippen LogP contribution is 2.31. The number of aromatic nitrogens is 3. The van der Waals surface area contributed by atoms with Crippen molar-refractivity contribution in [1.82, 2.24) is 14.8 Å². The summed E-state index contributed by atoms with van der Waals surface area (Å²) in [6.07, 6.45) is -4.43. The van der Waals surface area contributed by atoms with Crippen molar-refractivity contribution in [3.05, 3.63) is 60.3 Å². The summed E-state index contributed by atoms with van der Waals surface area (Å²) in [5, 5.41) is 3.92. The first-order chi connectivity index (χ1) is 10.4. The standard InChI is InChI=1S/C16H12F3N3/c1-22-15(16(17,18)19)10-14(21-22)13-9-5-8-12(20-13)11-6-3-2-4-7-11/h2-10H,1H3. The zero-order valence-corrected chi connectivity index (χ0v) is 11.7. The molecule has 0 saturated carbocycles. The lowest BCUT2D eigenvalue weighted by molar-refractivity contribution is -0.143. The van der Waals surface area contributed by atoms with Crippen molar-refractivity contribution in [2.45, 2.75) is 6.18 Å². The van der Waals surface area contributed by atoms with Gasteiger partial charge < -0.3 is 0 Å². The summed E-state index contributed by atoms with van der Waals surface area (Å²) >= 11 is 0. The van der Waals surface area contributed by atoms with Crippen molar-refractivity contribution in [1.29, 1.82) is 0 Å². The van der Waals surface area contributed by atoms with E-state index in [4.69, 9.17) is 0 Å². The van der Waals surface area contributed by atoms with Gasteiger partial charge in [0.05, 0.1) is 11.4 Å². The summed E-state index contributed by atoms with van der Waals surface area (Å²) in [5.74, 6) is 0. The first-order valence-electron chi connectivity index (χ1n) is 6.59. The van der Waals surface area contributed by atoms with Gasteiger partial charge in [-0.05, 0) is 18.2 Å². The summed E-state index contributed by atoms with van der Waals surface area (Å²) in [5.41, 5.74) is 1.41. The predicted molar refractivity (Wildman–Crippen MR) is 76.9 cm³/mol. The van der Waals surface area contributed by atoms with Crippen LogP contribution >= 0.6 is 0 Å². The van der Waals surface area contributed by atoms with E-state index in [0.29, 0.717) is 11.4 Å². The van der Waals surface area contributed by atoms with Crippen LogP contribution in [0.3, 0.4) is 0 Å². The van der Waals surface area contributed by atoms with E-state index in [1.165, 1.54) is 7.05 Å². The molecule has 0 aliphatic rings. The lowest BCUT2D eigenvalue weighted by Crippen LogP contribution is -2.11. The largest absolute Gasteiger partial charge is 0.433 e. The molecule has 0 radical (unpaired) electrons. The number of nitrogens with zero attached hydrogens (tertiary/aromatic N) is 3. The van der Waals surface area contributed by atoms with Gasteiger partial charge in [-0.3, -0.25) is 4.68 Å². The maximum atomic E-state index is 12.8. The molecule has 0 fully saturated rings. The van der Waals surface area contributed by atoms with Crippen LogP contribution in [0.4, 0.5) is 13.2 Å². The summed E-state index contributed by atoms with van der Waals surface area (Å²) < 4.78 is 39.3. The van der Waals surface area contributed by atoms with Crippen LogP contribution in [0.2, 0.25) is 0 Å². The van der Waals surface area contributed by atoms with Gasteiger partial charge in [-0.2, -0.15) is 18.3 Å². The Morgan fingerprint density at radius 3 is 2.18 bits per heavy atom. The van der Waals surface area contributed by atoms with Crippen LogP contribution < -0.4 is 0 Å². The van der Waals surface area contributed by atoms with E-state index >= 15 is 0 Å². The third kappa shape index (κ3) is 2.72. The Kier molecular flexibility index (Phi) is 3.44. The highest BCUT2D eigenvalue weighted by atomic mass is 19.4.